The second-order valence-electron chi connectivity index (χ2n) is 19.7. The maximum absolute atomic E-state index is 13.7. The molecular formula is C59H57N11O5. The molecule has 3 amide bonds. The van der Waals surface area contributed by atoms with Crippen molar-refractivity contribution in [3.63, 3.8) is 0 Å². The number of amides is 3. The summed E-state index contributed by atoms with van der Waals surface area (Å²) in [6.07, 6.45) is 3.40. The van der Waals surface area contributed by atoms with Crippen LogP contribution in [0.5, 0.6) is 0 Å². The second kappa shape index (κ2) is 20.7. The van der Waals surface area contributed by atoms with Crippen molar-refractivity contribution in [3.05, 3.63) is 178 Å². The number of carbonyl (C=O) groups is 4. The molecule has 2 saturated heterocycles. The monoisotopic (exact) mass is 999 g/mol. The van der Waals surface area contributed by atoms with Crippen molar-refractivity contribution in [2.45, 2.75) is 77.0 Å². The number of anilines is 2. The molecule has 16 nitrogen and oxygen atoms in total. The van der Waals surface area contributed by atoms with Gasteiger partial charge in [-0.15, -0.1) is 0 Å². The lowest BCUT2D eigenvalue weighted by Crippen LogP contribution is -2.41. The number of aliphatic carboxylic acids is 1. The molecule has 0 bridgehead atoms. The highest BCUT2D eigenvalue weighted by molar-refractivity contribution is 6.07. The van der Waals surface area contributed by atoms with E-state index in [2.05, 4.69) is 54.4 Å². The highest BCUT2D eigenvalue weighted by Crippen LogP contribution is 2.35. The fraction of sp³-hybridized carbons (Fsp3) is 0.254. The van der Waals surface area contributed by atoms with Crippen molar-refractivity contribution in [1.29, 1.82) is 0 Å². The summed E-state index contributed by atoms with van der Waals surface area (Å²) in [5, 5.41) is 13.7. The van der Waals surface area contributed by atoms with Gasteiger partial charge in [0.15, 0.2) is 0 Å². The molecule has 0 aliphatic carbocycles. The molecule has 4 aliphatic rings. The van der Waals surface area contributed by atoms with E-state index in [1.54, 1.807) is 16.8 Å². The van der Waals surface area contributed by atoms with E-state index >= 15 is 0 Å². The van der Waals surface area contributed by atoms with Gasteiger partial charge < -0.3 is 31.7 Å². The SMILES string of the molecule is CNC(=O)C1CCCN1Cc1ccccc1-c1ccc2nc(N)nc(C(=O)N3Cc4ccccc4C3)c2c1.Nc1nc(C(=O)N2Cc3ccccc3C2)c2cc(-c3ccccc3CN3CCCC3C(=O)O)ccc2n1. The summed E-state index contributed by atoms with van der Waals surface area (Å²) < 4.78 is 0. The Morgan fingerprint density at radius 2 is 0.947 bits per heavy atom. The van der Waals surface area contributed by atoms with E-state index in [1.165, 1.54) is 0 Å². The van der Waals surface area contributed by atoms with Gasteiger partial charge in [0.25, 0.3) is 11.8 Å². The topological polar surface area (TPSA) is 217 Å². The molecule has 16 heteroatoms. The Morgan fingerprint density at radius 3 is 1.37 bits per heavy atom. The molecule has 0 spiro atoms. The number of rotatable bonds is 10. The molecule has 378 valence electrons. The van der Waals surface area contributed by atoms with Gasteiger partial charge in [-0.1, -0.05) is 109 Å². The van der Waals surface area contributed by atoms with Gasteiger partial charge in [-0.25, -0.2) is 19.9 Å². The van der Waals surface area contributed by atoms with Gasteiger partial charge in [-0.2, -0.15) is 0 Å². The number of likely N-dealkylation sites (N-methyl/N-ethyl adjacent to an activating group) is 1. The van der Waals surface area contributed by atoms with Gasteiger partial charge in [0, 0.05) is 57.1 Å². The van der Waals surface area contributed by atoms with Crippen molar-refractivity contribution in [3.8, 4) is 22.3 Å². The van der Waals surface area contributed by atoms with Crippen LogP contribution in [0.1, 0.15) is 80.0 Å². The lowest BCUT2D eigenvalue weighted by atomic mass is 9.97. The molecule has 6 N–H and O–H groups in total. The van der Waals surface area contributed by atoms with Crippen molar-refractivity contribution >= 4 is 57.4 Å². The number of likely N-dealkylation sites (tertiary alicyclic amines) is 2. The third-order valence-corrected chi connectivity index (χ3v) is 15.1. The zero-order valence-corrected chi connectivity index (χ0v) is 41.7. The van der Waals surface area contributed by atoms with Crippen LogP contribution in [0.2, 0.25) is 0 Å². The number of hydrogen-bond donors (Lipinski definition) is 4. The number of hydrogen-bond acceptors (Lipinski definition) is 12. The van der Waals surface area contributed by atoms with Crippen LogP contribution >= 0.6 is 0 Å². The molecule has 4 aliphatic heterocycles. The predicted molar refractivity (Wildman–Crippen MR) is 287 cm³/mol. The van der Waals surface area contributed by atoms with Crippen LogP contribution in [0.25, 0.3) is 44.1 Å². The zero-order chi connectivity index (χ0) is 51.7. The number of aromatic nitrogens is 4. The molecule has 2 aromatic heterocycles. The van der Waals surface area contributed by atoms with E-state index in [9.17, 15) is 24.3 Å². The maximum atomic E-state index is 13.7. The Morgan fingerprint density at radius 1 is 0.547 bits per heavy atom. The Balaban J connectivity index is 0.000000161. The summed E-state index contributed by atoms with van der Waals surface area (Å²) in [7, 11) is 1.69. The number of nitrogens with two attached hydrogens (primary N) is 2. The molecule has 0 radical (unpaired) electrons. The van der Waals surface area contributed by atoms with Gasteiger partial charge in [-0.05, 0) is 119 Å². The fourth-order valence-corrected chi connectivity index (χ4v) is 11.3. The van der Waals surface area contributed by atoms with E-state index in [-0.39, 0.29) is 35.7 Å². The smallest absolute Gasteiger partial charge is 0.320 e. The Kier molecular flexibility index (Phi) is 13.4. The third-order valence-electron chi connectivity index (χ3n) is 15.1. The first-order valence-corrected chi connectivity index (χ1v) is 25.5. The Labute approximate surface area is 434 Å². The molecular weight excluding hydrogens is 943 g/mol. The second-order valence-corrected chi connectivity index (χ2v) is 19.7. The van der Waals surface area contributed by atoms with Gasteiger partial charge in [0.05, 0.1) is 17.1 Å². The molecule has 0 saturated carbocycles. The summed E-state index contributed by atoms with van der Waals surface area (Å²) in [5.41, 5.74) is 24.6. The van der Waals surface area contributed by atoms with Crippen LogP contribution in [0.15, 0.2) is 133 Å². The minimum atomic E-state index is -0.775. The molecule has 6 heterocycles. The fourth-order valence-electron chi connectivity index (χ4n) is 11.3. The minimum Gasteiger partial charge on any atom is -0.480 e. The molecule has 2 atom stereocenters. The summed E-state index contributed by atoms with van der Waals surface area (Å²) in [6, 6.07) is 43.5. The largest absolute Gasteiger partial charge is 0.480 e. The maximum Gasteiger partial charge on any atom is 0.320 e. The summed E-state index contributed by atoms with van der Waals surface area (Å²) in [6.45, 7) is 5.01. The number of nitrogens with zero attached hydrogens (tertiary/aromatic N) is 8. The lowest BCUT2D eigenvalue weighted by molar-refractivity contribution is -0.142. The number of carbonyl (C=O) groups excluding carboxylic acids is 3. The zero-order valence-electron chi connectivity index (χ0n) is 41.7. The minimum absolute atomic E-state index is 0.0626. The van der Waals surface area contributed by atoms with E-state index in [0.29, 0.717) is 78.9 Å². The Bertz CT molecular complexity index is 3500. The number of nitrogen functional groups attached to an aromatic ring is 2. The van der Waals surface area contributed by atoms with E-state index in [0.717, 1.165) is 88.0 Å². The van der Waals surface area contributed by atoms with Crippen LogP contribution in [-0.4, -0.2) is 101 Å². The summed E-state index contributed by atoms with van der Waals surface area (Å²) >= 11 is 0. The molecule has 75 heavy (non-hydrogen) atoms. The average Bonchev–Trinajstić information content (AvgIpc) is 4.27. The first-order chi connectivity index (χ1) is 36.5. The quantitative estimate of drug-likeness (QED) is 0.103. The van der Waals surface area contributed by atoms with Crippen LogP contribution < -0.4 is 16.8 Å². The van der Waals surface area contributed by atoms with Crippen molar-refractivity contribution in [2.24, 2.45) is 0 Å². The highest BCUT2D eigenvalue weighted by atomic mass is 16.4. The summed E-state index contributed by atoms with van der Waals surface area (Å²) in [5.74, 6) is -0.900. The summed E-state index contributed by atoms with van der Waals surface area (Å²) in [4.78, 5) is 76.9. The van der Waals surface area contributed by atoms with Crippen molar-refractivity contribution in [2.75, 3.05) is 31.6 Å². The van der Waals surface area contributed by atoms with Crippen LogP contribution in [0.3, 0.4) is 0 Å². The lowest BCUT2D eigenvalue weighted by Gasteiger charge is -2.24. The number of benzene rings is 6. The van der Waals surface area contributed by atoms with Crippen LogP contribution in [-0.2, 0) is 48.9 Å². The number of fused-ring (bicyclic) bond motifs is 4. The molecule has 6 aromatic carbocycles. The molecule has 8 aromatic rings. The molecule has 12 rings (SSSR count). The van der Waals surface area contributed by atoms with Gasteiger partial charge >= 0.3 is 5.97 Å². The van der Waals surface area contributed by atoms with E-state index < -0.39 is 12.0 Å². The average molecular weight is 1000 g/mol. The standard InChI is InChI=1S/C30H30N6O2.C29H27N5O3/c1-32-28(37)26-11-6-14-35(26)18-22-9-4-5-10-23(22)19-12-13-25-24(15-19)27(34-30(31)33-25)29(38)36-16-20-7-2-3-8-21(20)17-36;30-29-31-24-12-11-18(22-9-4-3-8-21(22)17-33-13-5-10-25(33)28(36)37)14-23(24)26(32-29)27(35)34-15-19-6-1-2-7-20(19)16-34/h2-5,7-10,12-13,15,26H,6,11,14,16-18H2,1H3,(H,32,37)(H2,31,33,34);1-4,6-9,11-12,14,25H,5,10,13,15-17H2,(H,36,37)(H2,30,31,32). The Hall–Kier alpha value is -8.60. The number of nitrogens with one attached hydrogen (secondary N) is 1. The van der Waals surface area contributed by atoms with Gasteiger partial charge in [0.1, 0.15) is 17.4 Å². The molecule has 2 unspecified atom stereocenters. The first-order valence-electron chi connectivity index (χ1n) is 25.5. The van der Waals surface area contributed by atoms with Crippen LogP contribution in [0, 0.1) is 0 Å². The number of carboxylic acid groups (broad SMARTS) is 1. The van der Waals surface area contributed by atoms with Crippen molar-refractivity contribution in [1.82, 2.24) is 44.9 Å². The first kappa shape index (κ1) is 48.7. The van der Waals surface area contributed by atoms with E-state index in [1.807, 2.05) is 114 Å². The highest BCUT2D eigenvalue weighted by Gasteiger charge is 2.33. The van der Waals surface area contributed by atoms with Crippen molar-refractivity contribution < 1.29 is 24.3 Å². The normalized spacial score (nSPS) is 17.2. The third kappa shape index (κ3) is 9.85. The van der Waals surface area contributed by atoms with E-state index in [4.69, 9.17) is 11.5 Å². The van der Waals surface area contributed by atoms with Gasteiger partial charge in [-0.3, -0.25) is 29.0 Å². The predicted octanol–water partition coefficient (Wildman–Crippen LogP) is 7.83. The molecule has 2 fully saturated rings. The number of carboxylic acids is 1. The van der Waals surface area contributed by atoms with Crippen LogP contribution in [0.4, 0.5) is 11.9 Å². The van der Waals surface area contributed by atoms with Gasteiger partial charge in [0.2, 0.25) is 17.8 Å².